The zero-order chi connectivity index (χ0) is 33.5. The Kier molecular flexibility index (Phi) is 6.02. The van der Waals surface area contributed by atoms with Crippen molar-refractivity contribution in [3.63, 3.8) is 0 Å². The molecular weight excluding hydrogens is 645 g/mol. The zero-order valence-corrected chi connectivity index (χ0v) is 27.9. The summed E-state index contributed by atoms with van der Waals surface area (Å²) in [4.78, 5) is 21.4. The molecule has 11 aromatic rings. The minimum absolute atomic E-state index is 0.572. The number of aromatic nitrogens is 6. The molecule has 0 aliphatic rings. The average Bonchev–Trinajstić information content (AvgIpc) is 3.87. The smallest absolute Gasteiger partial charge is 0.238 e. The van der Waals surface area contributed by atoms with Crippen LogP contribution in [0.3, 0.4) is 0 Å². The molecule has 0 bridgehead atoms. The van der Waals surface area contributed by atoms with Crippen LogP contribution in [-0.2, 0) is 0 Å². The van der Waals surface area contributed by atoms with Gasteiger partial charge in [-0.25, -0.2) is 9.97 Å². The maximum Gasteiger partial charge on any atom is 0.238 e. The van der Waals surface area contributed by atoms with Gasteiger partial charge in [0.2, 0.25) is 5.95 Å². The van der Waals surface area contributed by atoms with E-state index >= 15 is 0 Å². The second-order valence-corrected chi connectivity index (χ2v) is 13.7. The van der Waals surface area contributed by atoms with Gasteiger partial charge in [0.25, 0.3) is 0 Å². The molecule has 0 spiro atoms. The standard InChI is InChI=1S/C44H26N6S/c1-4-15-27(16-5-1)41-46-42(28-17-6-2-7-18-28)48-44(47-41)50-34-25-13-11-22-31(34)37-38-35(36-32-23-14-26-45-43(32)51-40(36)39(37)50)30-21-10-12-24-33(30)49(38)29-19-8-3-9-20-29/h1-26H. The molecule has 0 aliphatic heterocycles. The van der Waals surface area contributed by atoms with Gasteiger partial charge in [0.15, 0.2) is 11.6 Å². The Labute approximate surface area is 295 Å². The lowest BCUT2D eigenvalue weighted by atomic mass is 10.0. The minimum atomic E-state index is 0.572. The van der Waals surface area contributed by atoms with Gasteiger partial charge in [0.1, 0.15) is 4.83 Å². The van der Waals surface area contributed by atoms with Crippen LogP contribution >= 0.6 is 11.3 Å². The molecule has 6 nitrogen and oxygen atoms in total. The lowest BCUT2D eigenvalue weighted by molar-refractivity contribution is 0.955. The van der Waals surface area contributed by atoms with E-state index < -0.39 is 0 Å². The minimum Gasteiger partial charge on any atom is -0.309 e. The number of hydrogen-bond acceptors (Lipinski definition) is 5. The number of pyridine rings is 1. The molecule has 6 aromatic carbocycles. The van der Waals surface area contributed by atoms with E-state index in [1.807, 2.05) is 48.7 Å². The van der Waals surface area contributed by atoms with Gasteiger partial charge in [0, 0.05) is 55.3 Å². The van der Waals surface area contributed by atoms with Crippen molar-refractivity contribution in [2.24, 2.45) is 0 Å². The molecule has 0 amide bonds. The molecule has 0 saturated heterocycles. The van der Waals surface area contributed by atoms with E-state index in [9.17, 15) is 0 Å². The summed E-state index contributed by atoms with van der Waals surface area (Å²) in [6, 6.07) is 52.7. The molecule has 0 fully saturated rings. The molecule has 0 aliphatic carbocycles. The van der Waals surface area contributed by atoms with Gasteiger partial charge in [0.05, 0.1) is 26.8 Å². The highest BCUT2D eigenvalue weighted by atomic mass is 32.1. The van der Waals surface area contributed by atoms with Crippen LogP contribution in [-0.4, -0.2) is 29.1 Å². The number of fused-ring (bicyclic) bond motifs is 12. The summed E-state index contributed by atoms with van der Waals surface area (Å²) in [7, 11) is 0. The van der Waals surface area contributed by atoms with Crippen molar-refractivity contribution in [1.82, 2.24) is 29.1 Å². The molecule has 0 saturated carbocycles. The Balaban J connectivity index is 1.40. The first kappa shape index (κ1) is 28.2. The fourth-order valence-corrected chi connectivity index (χ4v) is 8.91. The van der Waals surface area contributed by atoms with E-state index in [1.165, 1.54) is 16.2 Å². The lowest BCUT2D eigenvalue weighted by Crippen LogP contribution is -2.06. The number of thiophene rings is 1. The van der Waals surface area contributed by atoms with E-state index in [0.29, 0.717) is 17.6 Å². The molecule has 0 N–H and O–H groups in total. The molecule has 11 rings (SSSR count). The van der Waals surface area contributed by atoms with Crippen molar-refractivity contribution < 1.29 is 0 Å². The first-order chi connectivity index (χ1) is 25.3. The zero-order valence-electron chi connectivity index (χ0n) is 27.1. The topological polar surface area (TPSA) is 61.4 Å². The van der Waals surface area contributed by atoms with Crippen molar-refractivity contribution in [3.8, 4) is 34.4 Å². The Morgan fingerprint density at radius 2 is 0.980 bits per heavy atom. The molecule has 0 atom stereocenters. The summed E-state index contributed by atoms with van der Waals surface area (Å²) in [5.74, 6) is 1.82. The molecule has 5 aromatic heterocycles. The summed E-state index contributed by atoms with van der Waals surface area (Å²) in [5.41, 5.74) is 7.38. The number of benzene rings is 6. The van der Waals surface area contributed by atoms with Gasteiger partial charge in [-0.2, -0.15) is 9.97 Å². The molecule has 5 heterocycles. The van der Waals surface area contributed by atoms with Crippen LogP contribution in [0.5, 0.6) is 0 Å². The first-order valence-corrected chi connectivity index (χ1v) is 17.7. The Morgan fingerprint density at radius 1 is 0.431 bits per heavy atom. The second kappa shape index (κ2) is 10.9. The Hall–Kier alpha value is -6.70. The van der Waals surface area contributed by atoms with E-state index in [0.717, 1.165) is 64.6 Å². The monoisotopic (exact) mass is 670 g/mol. The highest BCUT2D eigenvalue weighted by molar-refractivity contribution is 7.26. The highest BCUT2D eigenvalue weighted by Crippen LogP contribution is 2.50. The Morgan fingerprint density at radius 3 is 1.65 bits per heavy atom. The molecule has 51 heavy (non-hydrogen) atoms. The van der Waals surface area contributed by atoms with E-state index in [1.54, 1.807) is 11.3 Å². The van der Waals surface area contributed by atoms with Crippen LogP contribution in [0.1, 0.15) is 0 Å². The summed E-state index contributed by atoms with van der Waals surface area (Å²) in [6.45, 7) is 0. The second-order valence-electron chi connectivity index (χ2n) is 12.7. The van der Waals surface area contributed by atoms with Crippen molar-refractivity contribution in [3.05, 3.63) is 158 Å². The van der Waals surface area contributed by atoms with E-state index in [4.69, 9.17) is 19.9 Å². The SMILES string of the molecule is c1ccc(-c2nc(-c3ccccc3)nc(-n3c4ccccc4c4c3c3sc5ncccc5c3c3c5ccccc5n(-c5ccccc5)c34)n2)cc1. The van der Waals surface area contributed by atoms with Crippen LogP contribution in [0.15, 0.2) is 158 Å². The average molecular weight is 671 g/mol. The van der Waals surface area contributed by atoms with Crippen LogP contribution in [0.2, 0.25) is 0 Å². The number of hydrogen-bond donors (Lipinski definition) is 0. The first-order valence-electron chi connectivity index (χ1n) is 16.9. The van der Waals surface area contributed by atoms with Gasteiger partial charge in [-0.3, -0.25) is 4.57 Å². The fraction of sp³-hybridized carbons (Fsp3) is 0. The summed E-state index contributed by atoms with van der Waals surface area (Å²) in [6.07, 6.45) is 1.89. The summed E-state index contributed by atoms with van der Waals surface area (Å²) >= 11 is 1.73. The lowest BCUT2D eigenvalue weighted by Gasteiger charge is -2.12. The van der Waals surface area contributed by atoms with Gasteiger partial charge in [-0.05, 0) is 36.4 Å². The quantitative estimate of drug-likeness (QED) is 0.187. The normalized spacial score (nSPS) is 11.9. The molecule has 0 unspecified atom stereocenters. The van der Waals surface area contributed by atoms with Crippen molar-refractivity contribution in [2.45, 2.75) is 0 Å². The van der Waals surface area contributed by atoms with Crippen LogP contribution < -0.4 is 0 Å². The van der Waals surface area contributed by atoms with Gasteiger partial charge < -0.3 is 4.57 Å². The largest absolute Gasteiger partial charge is 0.309 e. The third-order valence-electron chi connectivity index (χ3n) is 9.82. The van der Waals surface area contributed by atoms with Crippen LogP contribution in [0, 0.1) is 0 Å². The number of nitrogens with zero attached hydrogens (tertiary/aromatic N) is 6. The van der Waals surface area contributed by atoms with E-state index in [-0.39, 0.29) is 0 Å². The van der Waals surface area contributed by atoms with Gasteiger partial charge in [-0.1, -0.05) is 115 Å². The van der Waals surface area contributed by atoms with Crippen molar-refractivity contribution in [1.29, 1.82) is 0 Å². The molecule has 7 heteroatoms. The van der Waals surface area contributed by atoms with Gasteiger partial charge in [-0.15, -0.1) is 11.3 Å². The van der Waals surface area contributed by atoms with E-state index in [2.05, 4.69) is 118 Å². The fourth-order valence-electron chi connectivity index (χ4n) is 7.72. The Bertz CT molecular complexity index is 3070. The maximum absolute atomic E-state index is 5.26. The van der Waals surface area contributed by atoms with Gasteiger partial charge >= 0.3 is 0 Å². The van der Waals surface area contributed by atoms with Crippen LogP contribution in [0.4, 0.5) is 0 Å². The number of rotatable bonds is 4. The number of para-hydroxylation sites is 3. The third kappa shape index (κ3) is 4.09. The maximum atomic E-state index is 5.26. The molecular formula is C44H26N6S. The molecule has 238 valence electrons. The predicted octanol–water partition coefficient (Wildman–Crippen LogP) is 11.2. The highest BCUT2D eigenvalue weighted by Gasteiger charge is 2.28. The summed E-state index contributed by atoms with van der Waals surface area (Å²) < 4.78 is 5.85. The van der Waals surface area contributed by atoms with Crippen molar-refractivity contribution in [2.75, 3.05) is 0 Å². The third-order valence-corrected chi connectivity index (χ3v) is 10.9. The predicted molar refractivity (Wildman–Crippen MR) is 210 cm³/mol. The van der Waals surface area contributed by atoms with Crippen molar-refractivity contribution >= 4 is 75.3 Å². The van der Waals surface area contributed by atoms with Crippen LogP contribution in [0.25, 0.3) is 98.3 Å². The summed E-state index contributed by atoms with van der Waals surface area (Å²) in [5, 5.41) is 7.06. The molecule has 0 radical (unpaired) electrons.